The minimum atomic E-state index is -2.23. The molecule has 0 amide bonds. The summed E-state index contributed by atoms with van der Waals surface area (Å²) in [6.45, 7) is -0.422. The third-order valence-corrected chi connectivity index (χ3v) is 6.56. The van der Waals surface area contributed by atoms with E-state index in [1.807, 2.05) is 97.9 Å². The Kier molecular flexibility index (Phi) is 7.28. The zero-order chi connectivity index (χ0) is 30.7. The topological polar surface area (TPSA) is 51.8 Å². The van der Waals surface area contributed by atoms with Crippen LogP contribution in [0.3, 0.4) is 0 Å². The molecule has 4 heterocycles. The number of pyridine rings is 3. The molecule has 4 nitrogen and oxygen atoms in total. The van der Waals surface area contributed by atoms with Crippen molar-refractivity contribution in [2.75, 3.05) is 0 Å². The van der Waals surface area contributed by atoms with E-state index in [9.17, 15) is 0 Å². The molecule has 3 aromatic carbocycles. The largest absolute Gasteiger partial charge is 0.486 e. The van der Waals surface area contributed by atoms with Gasteiger partial charge in [0.1, 0.15) is 0 Å². The van der Waals surface area contributed by atoms with E-state index >= 15 is 0 Å². The molecule has 5 heteroatoms. The first-order chi connectivity index (χ1) is 21.2. The van der Waals surface area contributed by atoms with Gasteiger partial charge in [0.15, 0.2) is 0 Å². The van der Waals surface area contributed by atoms with Crippen molar-refractivity contribution in [1.82, 2.24) is 15.0 Å². The Morgan fingerprint density at radius 2 is 1.61 bits per heavy atom. The summed E-state index contributed by atoms with van der Waals surface area (Å²) in [5, 5.41) is 1.65. The van der Waals surface area contributed by atoms with E-state index in [4.69, 9.17) is 9.90 Å². The Morgan fingerprint density at radius 3 is 2.39 bits per heavy atom. The van der Waals surface area contributed by atoms with E-state index in [0.717, 1.165) is 27.6 Å². The zero-order valence-electron chi connectivity index (χ0n) is 26.1. The average molecular weight is 714 g/mol. The van der Waals surface area contributed by atoms with Crippen molar-refractivity contribution in [2.24, 2.45) is 0 Å². The van der Waals surface area contributed by atoms with Crippen LogP contribution in [0.25, 0.3) is 44.6 Å². The Bertz CT molecular complexity index is 1990. The predicted octanol–water partition coefficient (Wildman–Crippen LogP) is 8.85. The summed E-state index contributed by atoms with van der Waals surface area (Å²) in [6.07, 6.45) is 3.27. The summed E-state index contributed by atoms with van der Waals surface area (Å²) < 4.78 is 38.1. The van der Waals surface area contributed by atoms with Crippen LogP contribution < -0.4 is 0 Å². The van der Waals surface area contributed by atoms with Crippen molar-refractivity contribution in [1.29, 1.82) is 0 Å². The molecule has 0 aliphatic carbocycles. The molecular weight excluding hydrogens is 683 g/mol. The van der Waals surface area contributed by atoms with Gasteiger partial charge in [-0.2, -0.15) is 0 Å². The molecule has 7 rings (SSSR count). The van der Waals surface area contributed by atoms with E-state index in [0.29, 0.717) is 28.2 Å². The van der Waals surface area contributed by atoms with Gasteiger partial charge in [0.05, 0.1) is 11.3 Å². The average Bonchev–Trinajstić information content (AvgIpc) is 3.44. The molecule has 1 atom stereocenters. The number of benzene rings is 3. The van der Waals surface area contributed by atoms with Crippen LogP contribution in [0, 0.1) is 19.0 Å². The molecule has 0 saturated carbocycles. The van der Waals surface area contributed by atoms with Gasteiger partial charge in [0.2, 0.25) is 5.71 Å². The van der Waals surface area contributed by atoms with Crippen LogP contribution in [0.5, 0.6) is 0 Å². The van der Waals surface area contributed by atoms with Crippen LogP contribution in [0.4, 0.5) is 0 Å². The minimum absolute atomic E-state index is 0. The van der Waals surface area contributed by atoms with Crippen LogP contribution in [-0.4, -0.2) is 15.0 Å². The molecule has 0 N–H and O–H groups in total. The number of fused-ring (bicyclic) bond motifs is 3. The minimum Gasteiger partial charge on any atom is -0.486 e. The quantitative estimate of drug-likeness (QED) is 0.171. The van der Waals surface area contributed by atoms with Crippen molar-refractivity contribution in [2.45, 2.75) is 19.7 Å². The molecule has 0 aliphatic heterocycles. The molecule has 7 aromatic rings. The van der Waals surface area contributed by atoms with Crippen LogP contribution in [0.15, 0.2) is 126 Å². The fraction of sp³-hybridized carbons (Fsp3) is 0.0833. The third-order valence-electron chi connectivity index (χ3n) is 6.56. The van der Waals surface area contributed by atoms with Gasteiger partial charge in [-0.25, -0.2) is 4.98 Å². The van der Waals surface area contributed by atoms with Gasteiger partial charge in [0.25, 0.3) is 0 Å². The third kappa shape index (κ3) is 6.17. The predicted molar refractivity (Wildman–Crippen MR) is 161 cm³/mol. The molecule has 41 heavy (non-hydrogen) atoms. The van der Waals surface area contributed by atoms with E-state index in [1.54, 1.807) is 18.3 Å². The van der Waals surface area contributed by atoms with E-state index in [2.05, 4.69) is 27.1 Å². The molecule has 1 unspecified atom stereocenters. The SMILES string of the molecule is [2H]C([2H])([2H])c1ccnc(-c2[c-]ccc3c2oc2nc(C([2H])(C)c4ccccc4)ccc23)c1.[Ir].[c-]1ccccc1-c1ccccn1. The summed E-state index contributed by atoms with van der Waals surface area (Å²) in [7, 11) is 0. The van der Waals surface area contributed by atoms with Crippen LogP contribution in [0.2, 0.25) is 0 Å². The second-order valence-electron chi connectivity index (χ2n) is 9.16. The zero-order valence-corrected chi connectivity index (χ0v) is 24.5. The maximum absolute atomic E-state index is 8.90. The number of aryl methyl sites for hydroxylation is 1. The fourth-order valence-electron chi connectivity index (χ4n) is 4.50. The maximum Gasteiger partial charge on any atom is 0.216 e. The first-order valence-corrected chi connectivity index (χ1v) is 12.9. The normalized spacial score (nSPS) is 13.9. The summed E-state index contributed by atoms with van der Waals surface area (Å²) in [4.78, 5) is 13.2. The van der Waals surface area contributed by atoms with E-state index < -0.39 is 12.7 Å². The van der Waals surface area contributed by atoms with Gasteiger partial charge in [-0.15, -0.1) is 54.1 Å². The molecule has 4 aromatic heterocycles. The standard InChI is InChI=1S/C25H19N2O.C11H8N.Ir/c1-16-13-14-26-23(15-16)21-10-6-9-19-20-11-12-22(27-25(20)28-24(19)21)17(2)18-7-4-3-5-8-18;1-2-6-10(7-3-1)11-8-4-5-9-12-11;/h3-9,11-15,17H,1-2H3;1-6,8-9H;/q2*-1;/i1D3,17D;;. The smallest absolute Gasteiger partial charge is 0.216 e. The number of hydrogen-bond acceptors (Lipinski definition) is 4. The Labute approximate surface area is 259 Å². The van der Waals surface area contributed by atoms with Crippen molar-refractivity contribution in [3.05, 3.63) is 151 Å². The van der Waals surface area contributed by atoms with Gasteiger partial charge in [-0.05, 0) is 48.1 Å². The van der Waals surface area contributed by atoms with Gasteiger partial charge in [-0.3, -0.25) is 0 Å². The van der Waals surface area contributed by atoms with Crippen molar-refractivity contribution >= 4 is 22.1 Å². The fourth-order valence-corrected chi connectivity index (χ4v) is 4.50. The first-order valence-electron chi connectivity index (χ1n) is 14.9. The number of rotatable bonds is 4. The van der Waals surface area contributed by atoms with Gasteiger partial charge < -0.3 is 14.4 Å². The second-order valence-corrected chi connectivity index (χ2v) is 9.16. The number of hydrogen-bond donors (Lipinski definition) is 0. The molecule has 1 radical (unpaired) electrons. The van der Waals surface area contributed by atoms with Gasteiger partial charge >= 0.3 is 0 Å². The Morgan fingerprint density at radius 1 is 0.780 bits per heavy atom. The Hall–Kier alpha value is -4.44. The molecule has 0 saturated heterocycles. The molecule has 0 aliphatic rings. The Balaban J connectivity index is 0.000000258. The number of aromatic nitrogens is 3. The van der Waals surface area contributed by atoms with Crippen LogP contribution in [-0.2, 0) is 20.1 Å². The van der Waals surface area contributed by atoms with Gasteiger partial charge in [0, 0.05) is 49.3 Å². The van der Waals surface area contributed by atoms with Crippen molar-refractivity contribution < 1.29 is 30.0 Å². The summed E-state index contributed by atoms with van der Waals surface area (Å²) in [5.74, 6) is -1.04. The summed E-state index contributed by atoms with van der Waals surface area (Å²) in [6, 6.07) is 39.9. The second kappa shape index (κ2) is 12.8. The van der Waals surface area contributed by atoms with Crippen LogP contribution >= 0.6 is 0 Å². The number of furan rings is 1. The molecule has 0 fully saturated rings. The molecule has 0 spiro atoms. The van der Waals surface area contributed by atoms with Crippen molar-refractivity contribution in [3.8, 4) is 22.5 Å². The van der Waals surface area contributed by atoms with E-state index in [-0.39, 0.29) is 25.7 Å². The van der Waals surface area contributed by atoms with E-state index in [1.165, 1.54) is 12.3 Å². The summed E-state index contributed by atoms with van der Waals surface area (Å²) >= 11 is 0. The first kappa shape index (κ1) is 23.3. The molecule has 203 valence electrons. The number of nitrogens with zero attached hydrogens (tertiary/aromatic N) is 3. The summed E-state index contributed by atoms with van der Waals surface area (Å²) in [5.41, 5.74) is 5.62. The van der Waals surface area contributed by atoms with Crippen molar-refractivity contribution in [3.63, 3.8) is 0 Å². The monoisotopic (exact) mass is 714 g/mol. The molecule has 0 bridgehead atoms. The van der Waals surface area contributed by atoms with Gasteiger partial charge in [-0.1, -0.05) is 72.0 Å². The van der Waals surface area contributed by atoms with Crippen LogP contribution in [0.1, 0.15) is 35.1 Å². The maximum atomic E-state index is 8.90. The molecular formula is C36H27IrN3O-2.